The number of anilines is 6. The van der Waals surface area contributed by atoms with Crippen LogP contribution in [0.3, 0.4) is 0 Å². The van der Waals surface area contributed by atoms with Gasteiger partial charge in [-0.05, 0) is 97.1 Å². The Kier molecular flexibility index (Phi) is 8.81. The number of para-hydroxylation sites is 4. The molecule has 0 aliphatic carbocycles. The van der Waals surface area contributed by atoms with E-state index in [4.69, 9.17) is 20.0 Å². The van der Waals surface area contributed by atoms with Crippen molar-refractivity contribution >= 4 is 56.9 Å². The fourth-order valence-electron chi connectivity index (χ4n) is 6.83. The fourth-order valence-corrected chi connectivity index (χ4v) is 6.83. The lowest BCUT2D eigenvalue weighted by Crippen LogP contribution is -2.14. The van der Waals surface area contributed by atoms with Crippen LogP contribution in [0.4, 0.5) is 45.5 Å². The second-order valence-electron chi connectivity index (χ2n) is 12.8. The van der Waals surface area contributed by atoms with Crippen LogP contribution in [0.25, 0.3) is 0 Å². The Morgan fingerprint density at radius 3 is 0.889 bits per heavy atom. The van der Waals surface area contributed by atoms with E-state index in [0.717, 1.165) is 68.0 Å². The highest BCUT2D eigenvalue weighted by molar-refractivity contribution is 6.21. The second-order valence-corrected chi connectivity index (χ2v) is 12.8. The van der Waals surface area contributed by atoms with Crippen LogP contribution in [0, 0.1) is 0 Å². The summed E-state index contributed by atoms with van der Waals surface area (Å²) >= 11 is 0. The Labute approximate surface area is 314 Å². The second kappa shape index (κ2) is 14.7. The summed E-state index contributed by atoms with van der Waals surface area (Å²) in [6.45, 7) is 0. The molecule has 0 spiro atoms. The summed E-state index contributed by atoms with van der Waals surface area (Å²) in [5.74, 6) is 0. The predicted octanol–water partition coefficient (Wildman–Crippen LogP) is 12.1. The van der Waals surface area contributed by atoms with Gasteiger partial charge in [-0.15, -0.1) is 0 Å². The third kappa shape index (κ3) is 6.44. The van der Waals surface area contributed by atoms with E-state index in [1.54, 1.807) is 12.4 Å². The molecule has 1 aliphatic heterocycles. The lowest BCUT2D eigenvalue weighted by atomic mass is 10.0. The van der Waals surface area contributed by atoms with Crippen LogP contribution in [0.2, 0.25) is 0 Å². The van der Waals surface area contributed by atoms with E-state index in [1.165, 1.54) is 0 Å². The molecule has 256 valence electrons. The molecule has 2 aromatic heterocycles. The number of pyridine rings is 2. The van der Waals surface area contributed by atoms with Gasteiger partial charge < -0.3 is 9.80 Å². The van der Waals surface area contributed by atoms with Crippen molar-refractivity contribution in [1.82, 2.24) is 9.97 Å². The molecule has 6 heteroatoms. The molecule has 54 heavy (non-hydrogen) atoms. The largest absolute Gasteiger partial charge is 0.311 e. The highest BCUT2D eigenvalue weighted by Gasteiger charge is 2.23. The van der Waals surface area contributed by atoms with Gasteiger partial charge in [0.2, 0.25) is 0 Å². The van der Waals surface area contributed by atoms with E-state index >= 15 is 0 Å². The Morgan fingerprint density at radius 2 is 0.574 bits per heavy atom. The Balaban J connectivity index is 1.11. The van der Waals surface area contributed by atoms with Crippen molar-refractivity contribution in [1.29, 1.82) is 0 Å². The molecule has 8 aromatic rings. The van der Waals surface area contributed by atoms with E-state index < -0.39 is 0 Å². The van der Waals surface area contributed by atoms with Crippen molar-refractivity contribution in [3.63, 3.8) is 0 Å². The van der Waals surface area contributed by atoms with Crippen LogP contribution < -0.4 is 9.80 Å². The quantitative estimate of drug-likeness (QED) is 0.159. The van der Waals surface area contributed by atoms with E-state index in [0.29, 0.717) is 11.4 Å². The van der Waals surface area contributed by atoms with E-state index in [2.05, 4.69) is 155 Å². The van der Waals surface area contributed by atoms with Gasteiger partial charge in [-0.2, -0.15) is 0 Å². The minimum atomic E-state index is 0.705. The third-order valence-corrected chi connectivity index (χ3v) is 9.34. The molecule has 0 amide bonds. The molecular formula is C48H34N6. The minimum absolute atomic E-state index is 0.705. The van der Waals surface area contributed by atoms with Gasteiger partial charge in [-0.3, -0.25) is 9.97 Å². The lowest BCUT2D eigenvalue weighted by Gasteiger charge is -2.26. The highest BCUT2D eigenvalue weighted by Crippen LogP contribution is 2.38. The molecule has 0 saturated carbocycles. The maximum absolute atomic E-state index is 5.29. The van der Waals surface area contributed by atoms with Crippen LogP contribution in [0.1, 0.15) is 22.5 Å². The molecule has 0 saturated heterocycles. The molecule has 0 atom stereocenters. The van der Waals surface area contributed by atoms with Gasteiger partial charge in [0.05, 0.1) is 22.8 Å². The summed E-state index contributed by atoms with van der Waals surface area (Å²) < 4.78 is 0. The van der Waals surface area contributed by atoms with Crippen molar-refractivity contribution in [2.24, 2.45) is 9.98 Å². The van der Waals surface area contributed by atoms with E-state index in [9.17, 15) is 0 Å². The minimum Gasteiger partial charge on any atom is -0.311 e. The lowest BCUT2D eigenvalue weighted by molar-refractivity contribution is 1.22. The van der Waals surface area contributed by atoms with Crippen LogP contribution in [-0.2, 0) is 0 Å². The summed E-state index contributed by atoms with van der Waals surface area (Å²) in [5, 5.41) is 0. The van der Waals surface area contributed by atoms with Crippen molar-refractivity contribution in [2.45, 2.75) is 0 Å². The monoisotopic (exact) mass is 694 g/mol. The number of aliphatic imine (C=N–C) groups is 2. The van der Waals surface area contributed by atoms with Crippen molar-refractivity contribution < 1.29 is 0 Å². The smallest absolute Gasteiger partial charge is 0.115 e. The molecule has 0 bridgehead atoms. The summed E-state index contributed by atoms with van der Waals surface area (Å²) in [4.78, 5) is 24.8. The normalized spacial score (nSPS) is 11.9. The average Bonchev–Trinajstić information content (AvgIpc) is 3.24. The number of nitrogens with zero attached hydrogens (tertiary/aromatic N) is 6. The molecule has 9 rings (SSSR count). The van der Waals surface area contributed by atoms with Crippen LogP contribution in [-0.4, -0.2) is 21.4 Å². The zero-order valence-electron chi connectivity index (χ0n) is 29.3. The molecule has 6 aromatic carbocycles. The average molecular weight is 695 g/mol. The fraction of sp³-hybridized carbons (Fsp3) is 0. The topological polar surface area (TPSA) is 57.0 Å². The van der Waals surface area contributed by atoms with E-state index in [1.807, 2.05) is 48.5 Å². The van der Waals surface area contributed by atoms with Gasteiger partial charge in [0, 0.05) is 57.6 Å². The maximum atomic E-state index is 5.29. The summed E-state index contributed by atoms with van der Waals surface area (Å²) in [6.07, 6.45) is 3.60. The van der Waals surface area contributed by atoms with Gasteiger partial charge in [-0.25, -0.2) is 9.98 Å². The molecule has 3 heterocycles. The number of hydrogen-bond acceptors (Lipinski definition) is 6. The maximum Gasteiger partial charge on any atom is 0.115 e. The van der Waals surface area contributed by atoms with E-state index in [-0.39, 0.29) is 0 Å². The first-order valence-corrected chi connectivity index (χ1v) is 17.9. The predicted molar refractivity (Wildman–Crippen MR) is 221 cm³/mol. The van der Waals surface area contributed by atoms with Crippen LogP contribution in [0.15, 0.2) is 217 Å². The first kappa shape index (κ1) is 32.5. The standard InChI is InChI=1S/C48H34N6/c1-5-15-37(16-6-1)53(38-17-7-2-8-18-38)41-29-25-35(26-30-41)45-47-43(23-13-33-49-47)52-46(48-44(51-45)24-14-34-50-48)36-27-31-42(32-28-36)54(39-19-9-3-10-20-39)40-21-11-4-12-22-40/h1-34H. The van der Waals surface area contributed by atoms with Gasteiger partial charge >= 0.3 is 0 Å². The number of aromatic nitrogens is 2. The molecule has 6 nitrogen and oxygen atoms in total. The van der Waals surface area contributed by atoms with Gasteiger partial charge in [-0.1, -0.05) is 97.1 Å². The van der Waals surface area contributed by atoms with Crippen LogP contribution >= 0.6 is 0 Å². The van der Waals surface area contributed by atoms with Crippen molar-refractivity contribution in [3.05, 3.63) is 229 Å². The zero-order valence-corrected chi connectivity index (χ0v) is 29.3. The highest BCUT2D eigenvalue weighted by atomic mass is 15.1. The summed E-state index contributed by atoms with van der Waals surface area (Å²) in [5.41, 5.74) is 12.6. The van der Waals surface area contributed by atoms with Crippen LogP contribution in [0.5, 0.6) is 0 Å². The summed E-state index contributed by atoms with van der Waals surface area (Å²) in [6, 6.07) is 66.4. The summed E-state index contributed by atoms with van der Waals surface area (Å²) in [7, 11) is 0. The van der Waals surface area contributed by atoms with Gasteiger partial charge in [0.1, 0.15) is 11.4 Å². The number of hydrogen-bond donors (Lipinski definition) is 0. The SMILES string of the molecule is c1ccc(N(c2ccccc2)c2ccc(C3=Nc4cccnc4C(c4ccc(N(c5ccccc5)c5ccccc5)cc4)=Nc4cccnc43)cc2)cc1. The zero-order chi connectivity index (χ0) is 36.1. The molecular weight excluding hydrogens is 661 g/mol. The number of benzene rings is 6. The molecule has 0 unspecified atom stereocenters. The molecule has 0 fully saturated rings. The first-order valence-electron chi connectivity index (χ1n) is 17.9. The van der Waals surface area contributed by atoms with Crippen molar-refractivity contribution in [2.75, 3.05) is 9.80 Å². The Hall–Kier alpha value is -7.44. The van der Waals surface area contributed by atoms with Crippen molar-refractivity contribution in [3.8, 4) is 0 Å². The molecule has 1 aliphatic rings. The molecule has 0 N–H and O–H groups in total. The van der Waals surface area contributed by atoms with Gasteiger partial charge in [0.25, 0.3) is 0 Å². The third-order valence-electron chi connectivity index (χ3n) is 9.34. The number of rotatable bonds is 8. The molecule has 0 radical (unpaired) electrons. The first-order chi connectivity index (χ1) is 26.8. The Morgan fingerprint density at radius 1 is 0.278 bits per heavy atom. The Bertz CT molecular complexity index is 2310. The van der Waals surface area contributed by atoms with Gasteiger partial charge in [0.15, 0.2) is 0 Å². The number of fused-ring (bicyclic) bond motifs is 2.